The number of benzene rings is 1. The van der Waals surface area contributed by atoms with E-state index in [9.17, 15) is 9.59 Å². The molecule has 30 heavy (non-hydrogen) atoms. The summed E-state index contributed by atoms with van der Waals surface area (Å²) >= 11 is 3.48. The number of aromatic nitrogens is 1. The van der Waals surface area contributed by atoms with E-state index >= 15 is 0 Å². The van der Waals surface area contributed by atoms with Gasteiger partial charge in [-0.25, -0.2) is 0 Å². The fourth-order valence-corrected chi connectivity index (χ4v) is 3.64. The molecular weight excluding hydrogens is 442 g/mol. The predicted molar refractivity (Wildman–Crippen MR) is 125 cm³/mol. The van der Waals surface area contributed by atoms with Gasteiger partial charge in [0, 0.05) is 41.9 Å². The summed E-state index contributed by atoms with van der Waals surface area (Å²) in [7, 11) is 0. The van der Waals surface area contributed by atoms with Crippen molar-refractivity contribution in [1.29, 1.82) is 0 Å². The lowest BCUT2D eigenvalue weighted by molar-refractivity contribution is -0.142. The standard InChI is InChI=1S/C24H34BrN3O2/c1-5-7-14-27(24(30)18-28(19(3)4)23(29)6-2)17-22-9-8-15-26(22)16-20-10-12-21(25)13-11-20/h8-13,15,19H,5-7,14,16-18H2,1-4H3. The van der Waals surface area contributed by atoms with E-state index in [2.05, 4.69) is 51.8 Å². The van der Waals surface area contributed by atoms with Crippen LogP contribution in [-0.4, -0.2) is 45.3 Å². The molecule has 5 nitrogen and oxygen atoms in total. The largest absolute Gasteiger partial charge is 0.345 e. The van der Waals surface area contributed by atoms with Gasteiger partial charge in [0.15, 0.2) is 0 Å². The van der Waals surface area contributed by atoms with Crippen LogP contribution in [0.1, 0.15) is 58.2 Å². The topological polar surface area (TPSA) is 45.6 Å². The van der Waals surface area contributed by atoms with Crippen LogP contribution in [0.2, 0.25) is 0 Å². The second-order valence-corrected chi connectivity index (χ2v) is 8.81. The van der Waals surface area contributed by atoms with Crippen molar-refractivity contribution in [3.8, 4) is 0 Å². The van der Waals surface area contributed by atoms with E-state index in [1.807, 2.05) is 43.9 Å². The Labute approximate surface area is 189 Å². The first-order valence-corrected chi connectivity index (χ1v) is 11.6. The maximum absolute atomic E-state index is 13.1. The van der Waals surface area contributed by atoms with Crippen molar-refractivity contribution in [3.63, 3.8) is 0 Å². The molecule has 2 aromatic rings. The first-order valence-electron chi connectivity index (χ1n) is 10.8. The van der Waals surface area contributed by atoms with Crippen LogP contribution in [0.3, 0.4) is 0 Å². The summed E-state index contributed by atoms with van der Waals surface area (Å²) in [6, 6.07) is 12.4. The molecule has 2 amide bonds. The zero-order valence-corrected chi connectivity index (χ0v) is 20.2. The number of halogens is 1. The van der Waals surface area contributed by atoms with Crippen LogP contribution in [0.15, 0.2) is 47.1 Å². The highest BCUT2D eigenvalue weighted by atomic mass is 79.9. The fourth-order valence-electron chi connectivity index (χ4n) is 3.38. The van der Waals surface area contributed by atoms with Gasteiger partial charge in [0.05, 0.1) is 13.1 Å². The maximum Gasteiger partial charge on any atom is 0.242 e. The predicted octanol–water partition coefficient (Wildman–Crippen LogP) is 5.07. The average Bonchev–Trinajstić information content (AvgIpc) is 3.16. The number of hydrogen-bond acceptors (Lipinski definition) is 2. The fraction of sp³-hybridized carbons (Fsp3) is 0.500. The lowest BCUT2D eigenvalue weighted by Crippen LogP contribution is -2.45. The van der Waals surface area contributed by atoms with Gasteiger partial charge in [-0.15, -0.1) is 0 Å². The van der Waals surface area contributed by atoms with Crippen LogP contribution in [-0.2, 0) is 22.7 Å². The van der Waals surface area contributed by atoms with Crippen LogP contribution in [0.5, 0.6) is 0 Å². The smallest absolute Gasteiger partial charge is 0.242 e. The molecule has 1 aromatic heterocycles. The van der Waals surface area contributed by atoms with E-state index in [-0.39, 0.29) is 24.4 Å². The Hall–Kier alpha value is -2.08. The van der Waals surface area contributed by atoms with E-state index in [0.717, 1.165) is 29.6 Å². The molecule has 0 aliphatic carbocycles. The van der Waals surface area contributed by atoms with Gasteiger partial charge in [-0.2, -0.15) is 0 Å². The molecule has 0 fully saturated rings. The third kappa shape index (κ3) is 7.01. The molecule has 0 spiro atoms. The second-order valence-electron chi connectivity index (χ2n) is 7.89. The molecule has 2 rings (SSSR count). The van der Waals surface area contributed by atoms with Gasteiger partial charge in [-0.3, -0.25) is 9.59 Å². The highest BCUT2D eigenvalue weighted by Crippen LogP contribution is 2.15. The molecule has 164 valence electrons. The Balaban J connectivity index is 2.14. The van der Waals surface area contributed by atoms with Crippen LogP contribution in [0.25, 0.3) is 0 Å². The first-order chi connectivity index (χ1) is 14.3. The van der Waals surface area contributed by atoms with E-state index in [0.29, 0.717) is 19.5 Å². The molecule has 0 bridgehead atoms. The monoisotopic (exact) mass is 475 g/mol. The molecule has 1 heterocycles. The summed E-state index contributed by atoms with van der Waals surface area (Å²) in [5.41, 5.74) is 2.31. The van der Waals surface area contributed by atoms with Crippen molar-refractivity contribution < 1.29 is 9.59 Å². The zero-order valence-electron chi connectivity index (χ0n) is 18.6. The Morgan fingerprint density at radius 2 is 1.77 bits per heavy atom. The van der Waals surface area contributed by atoms with Crippen LogP contribution >= 0.6 is 15.9 Å². The van der Waals surface area contributed by atoms with Gasteiger partial charge in [-0.05, 0) is 50.1 Å². The molecule has 0 unspecified atom stereocenters. The normalized spacial score (nSPS) is 11.0. The minimum atomic E-state index is 0.00958. The number of rotatable bonds is 11. The highest BCUT2D eigenvalue weighted by Gasteiger charge is 2.23. The average molecular weight is 476 g/mol. The Morgan fingerprint density at radius 3 is 2.37 bits per heavy atom. The van der Waals surface area contributed by atoms with Crippen LogP contribution in [0, 0.1) is 0 Å². The Kier molecular flexibility index (Phi) is 9.63. The van der Waals surface area contributed by atoms with E-state index in [1.54, 1.807) is 4.90 Å². The quantitative estimate of drug-likeness (QED) is 0.455. The number of carbonyl (C=O) groups is 2. The summed E-state index contributed by atoms with van der Waals surface area (Å²) in [6.45, 7) is 10.0. The number of unbranched alkanes of at least 4 members (excludes halogenated alkanes) is 1. The molecular formula is C24H34BrN3O2. The zero-order chi connectivity index (χ0) is 22.1. The Morgan fingerprint density at radius 1 is 1.07 bits per heavy atom. The Bertz CT molecular complexity index is 814. The molecule has 0 saturated heterocycles. The third-order valence-electron chi connectivity index (χ3n) is 5.23. The lowest BCUT2D eigenvalue weighted by Gasteiger charge is -2.30. The number of hydrogen-bond donors (Lipinski definition) is 0. The van der Waals surface area contributed by atoms with Crippen molar-refractivity contribution >= 4 is 27.7 Å². The summed E-state index contributed by atoms with van der Waals surface area (Å²) in [4.78, 5) is 29.0. The third-order valence-corrected chi connectivity index (χ3v) is 5.76. The van der Waals surface area contributed by atoms with Gasteiger partial charge in [0.2, 0.25) is 11.8 Å². The highest BCUT2D eigenvalue weighted by molar-refractivity contribution is 9.10. The molecule has 6 heteroatoms. The SMILES string of the molecule is CCCCN(Cc1cccn1Cc1ccc(Br)cc1)C(=O)CN(C(=O)CC)C(C)C. The van der Waals surface area contributed by atoms with E-state index < -0.39 is 0 Å². The molecule has 0 aliphatic rings. The molecule has 0 N–H and O–H groups in total. The first kappa shape index (κ1) is 24.2. The number of nitrogens with zero attached hydrogens (tertiary/aromatic N) is 3. The maximum atomic E-state index is 13.1. The van der Waals surface area contributed by atoms with E-state index in [1.165, 1.54) is 5.56 Å². The van der Waals surface area contributed by atoms with Crippen molar-refractivity contribution in [2.24, 2.45) is 0 Å². The number of amides is 2. The van der Waals surface area contributed by atoms with E-state index in [4.69, 9.17) is 0 Å². The summed E-state index contributed by atoms with van der Waals surface area (Å²) in [5, 5.41) is 0. The number of carbonyl (C=O) groups excluding carboxylic acids is 2. The van der Waals surface area contributed by atoms with Crippen molar-refractivity contribution in [2.75, 3.05) is 13.1 Å². The van der Waals surface area contributed by atoms with Gasteiger partial charge in [-0.1, -0.05) is 48.3 Å². The van der Waals surface area contributed by atoms with Gasteiger partial charge >= 0.3 is 0 Å². The van der Waals surface area contributed by atoms with Crippen molar-refractivity contribution in [3.05, 3.63) is 58.3 Å². The van der Waals surface area contributed by atoms with Gasteiger partial charge in [0.25, 0.3) is 0 Å². The summed E-state index contributed by atoms with van der Waals surface area (Å²) in [5.74, 6) is 0.0303. The minimum Gasteiger partial charge on any atom is -0.345 e. The minimum absolute atomic E-state index is 0.00958. The molecule has 0 atom stereocenters. The molecule has 0 saturated carbocycles. The van der Waals surface area contributed by atoms with Crippen LogP contribution in [0.4, 0.5) is 0 Å². The van der Waals surface area contributed by atoms with Crippen molar-refractivity contribution in [2.45, 2.75) is 66.1 Å². The lowest BCUT2D eigenvalue weighted by atomic mass is 10.2. The van der Waals surface area contributed by atoms with Crippen LogP contribution < -0.4 is 0 Å². The second kappa shape index (κ2) is 11.9. The summed E-state index contributed by atoms with van der Waals surface area (Å²) < 4.78 is 3.25. The summed E-state index contributed by atoms with van der Waals surface area (Å²) in [6.07, 6.45) is 4.44. The molecule has 0 aliphatic heterocycles. The van der Waals surface area contributed by atoms with Gasteiger partial charge in [0.1, 0.15) is 0 Å². The molecule has 1 aromatic carbocycles. The van der Waals surface area contributed by atoms with Crippen molar-refractivity contribution in [1.82, 2.24) is 14.4 Å². The van der Waals surface area contributed by atoms with Gasteiger partial charge < -0.3 is 14.4 Å². The molecule has 0 radical (unpaired) electrons.